The standard InChI is InChI=1S/C14H18BrN3O/c1-14(2,3)10-7-5-9(6-8-10)12(19)11-13(15)16-17-18(11)4/h5-8,12,19H,1-4H3. The van der Waals surface area contributed by atoms with E-state index in [1.807, 2.05) is 12.1 Å². The minimum Gasteiger partial charge on any atom is -0.382 e. The van der Waals surface area contributed by atoms with Crippen molar-refractivity contribution in [2.45, 2.75) is 32.3 Å². The molecule has 1 atom stereocenters. The zero-order valence-corrected chi connectivity index (χ0v) is 13.1. The number of nitrogens with zero attached hydrogens (tertiary/aromatic N) is 3. The lowest BCUT2D eigenvalue weighted by Crippen LogP contribution is -2.12. The molecule has 0 spiro atoms. The highest BCUT2D eigenvalue weighted by atomic mass is 79.9. The number of hydrogen-bond acceptors (Lipinski definition) is 3. The number of aliphatic hydroxyl groups is 1. The average molecular weight is 324 g/mol. The van der Waals surface area contributed by atoms with Gasteiger partial charge in [0.05, 0.1) is 0 Å². The van der Waals surface area contributed by atoms with E-state index in [0.29, 0.717) is 10.3 Å². The molecular formula is C14H18BrN3O. The summed E-state index contributed by atoms with van der Waals surface area (Å²) in [6.07, 6.45) is -0.733. The molecule has 102 valence electrons. The number of aryl methyl sites for hydroxylation is 1. The molecule has 5 heteroatoms. The lowest BCUT2D eigenvalue weighted by molar-refractivity contribution is 0.209. The molecular weight excluding hydrogens is 306 g/mol. The van der Waals surface area contributed by atoms with Crippen molar-refractivity contribution in [3.8, 4) is 0 Å². The van der Waals surface area contributed by atoms with Gasteiger partial charge in [-0.3, -0.25) is 0 Å². The summed E-state index contributed by atoms with van der Waals surface area (Å²) in [6, 6.07) is 8.00. The summed E-state index contributed by atoms with van der Waals surface area (Å²) in [5.74, 6) is 0. The fourth-order valence-corrected chi connectivity index (χ4v) is 2.50. The second-order valence-corrected chi connectivity index (χ2v) is 6.41. The Hall–Kier alpha value is -1.20. The molecule has 1 N–H and O–H groups in total. The van der Waals surface area contributed by atoms with Gasteiger partial charge in [-0.25, -0.2) is 4.68 Å². The number of benzene rings is 1. The number of aliphatic hydroxyl groups excluding tert-OH is 1. The molecule has 0 fully saturated rings. The van der Waals surface area contributed by atoms with Crippen molar-refractivity contribution in [1.82, 2.24) is 15.0 Å². The van der Waals surface area contributed by atoms with Crippen LogP contribution in [0.2, 0.25) is 0 Å². The molecule has 0 saturated carbocycles. The van der Waals surface area contributed by atoms with Crippen LogP contribution in [0.5, 0.6) is 0 Å². The van der Waals surface area contributed by atoms with E-state index in [-0.39, 0.29) is 5.41 Å². The highest BCUT2D eigenvalue weighted by molar-refractivity contribution is 9.10. The van der Waals surface area contributed by atoms with E-state index in [1.54, 1.807) is 11.7 Å². The van der Waals surface area contributed by atoms with Crippen LogP contribution in [-0.4, -0.2) is 20.1 Å². The quantitative estimate of drug-likeness (QED) is 0.924. The summed E-state index contributed by atoms with van der Waals surface area (Å²) in [6.45, 7) is 6.50. The van der Waals surface area contributed by atoms with Gasteiger partial charge in [-0.1, -0.05) is 50.3 Å². The number of hydrogen-bond donors (Lipinski definition) is 1. The maximum absolute atomic E-state index is 10.4. The zero-order chi connectivity index (χ0) is 14.2. The Labute approximate surface area is 121 Å². The Morgan fingerprint density at radius 3 is 2.21 bits per heavy atom. The second-order valence-electron chi connectivity index (χ2n) is 5.66. The van der Waals surface area contributed by atoms with Crippen molar-refractivity contribution in [2.75, 3.05) is 0 Å². The number of rotatable bonds is 2. The third kappa shape index (κ3) is 2.87. The summed E-state index contributed by atoms with van der Waals surface area (Å²) in [7, 11) is 1.76. The van der Waals surface area contributed by atoms with Gasteiger partial charge in [-0.2, -0.15) is 0 Å². The Morgan fingerprint density at radius 1 is 1.21 bits per heavy atom. The van der Waals surface area contributed by atoms with E-state index in [2.05, 4.69) is 59.1 Å². The van der Waals surface area contributed by atoms with Crippen LogP contribution in [0, 0.1) is 0 Å². The average Bonchev–Trinajstić information content (AvgIpc) is 2.67. The van der Waals surface area contributed by atoms with Crippen molar-refractivity contribution >= 4 is 15.9 Å². The lowest BCUT2D eigenvalue weighted by atomic mass is 9.86. The minimum atomic E-state index is -0.733. The van der Waals surface area contributed by atoms with E-state index in [9.17, 15) is 5.11 Å². The van der Waals surface area contributed by atoms with Crippen molar-refractivity contribution in [1.29, 1.82) is 0 Å². The van der Waals surface area contributed by atoms with Crippen LogP contribution in [0.25, 0.3) is 0 Å². The minimum absolute atomic E-state index is 0.109. The molecule has 0 aliphatic rings. The number of aromatic nitrogens is 3. The van der Waals surface area contributed by atoms with Crippen LogP contribution in [-0.2, 0) is 12.5 Å². The summed E-state index contributed by atoms with van der Waals surface area (Å²) in [4.78, 5) is 0. The molecule has 1 aromatic carbocycles. The summed E-state index contributed by atoms with van der Waals surface area (Å²) in [5, 5.41) is 18.2. The zero-order valence-electron chi connectivity index (χ0n) is 11.6. The molecule has 0 saturated heterocycles. The van der Waals surface area contributed by atoms with E-state index >= 15 is 0 Å². The van der Waals surface area contributed by atoms with Crippen molar-refractivity contribution in [2.24, 2.45) is 7.05 Å². The first-order valence-corrected chi connectivity index (χ1v) is 6.93. The molecule has 19 heavy (non-hydrogen) atoms. The first kappa shape index (κ1) is 14.2. The predicted octanol–water partition coefficient (Wildman–Crippen LogP) is 2.96. The van der Waals surface area contributed by atoms with Crippen LogP contribution in [0.15, 0.2) is 28.9 Å². The maximum atomic E-state index is 10.4. The van der Waals surface area contributed by atoms with Crippen LogP contribution in [0.4, 0.5) is 0 Å². The van der Waals surface area contributed by atoms with E-state index < -0.39 is 6.10 Å². The van der Waals surface area contributed by atoms with Gasteiger partial charge in [0, 0.05) is 7.05 Å². The van der Waals surface area contributed by atoms with Crippen LogP contribution >= 0.6 is 15.9 Å². The largest absolute Gasteiger partial charge is 0.382 e. The van der Waals surface area contributed by atoms with Gasteiger partial charge in [0.2, 0.25) is 0 Å². The van der Waals surface area contributed by atoms with Gasteiger partial charge < -0.3 is 5.11 Å². The van der Waals surface area contributed by atoms with Crippen LogP contribution in [0.1, 0.15) is 43.7 Å². The summed E-state index contributed by atoms with van der Waals surface area (Å²) >= 11 is 3.31. The molecule has 0 amide bonds. The fourth-order valence-electron chi connectivity index (χ4n) is 1.95. The molecule has 4 nitrogen and oxygen atoms in total. The van der Waals surface area contributed by atoms with E-state index in [0.717, 1.165) is 5.56 Å². The highest BCUT2D eigenvalue weighted by Gasteiger charge is 2.20. The van der Waals surface area contributed by atoms with Crippen LogP contribution < -0.4 is 0 Å². The third-order valence-electron chi connectivity index (χ3n) is 3.18. The maximum Gasteiger partial charge on any atom is 0.154 e. The van der Waals surface area contributed by atoms with Crippen molar-refractivity contribution in [3.63, 3.8) is 0 Å². The monoisotopic (exact) mass is 323 g/mol. The molecule has 1 heterocycles. The molecule has 0 aliphatic heterocycles. The van der Waals surface area contributed by atoms with E-state index in [4.69, 9.17) is 0 Å². The van der Waals surface area contributed by atoms with E-state index in [1.165, 1.54) is 5.56 Å². The molecule has 2 rings (SSSR count). The summed E-state index contributed by atoms with van der Waals surface area (Å²) < 4.78 is 2.15. The molecule has 0 aliphatic carbocycles. The van der Waals surface area contributed by atoms with Gasteiger partial charge in [-0.15, -0.1) is 5.10 Å². The van der Waals surface area contributed by atoms with Crippen LogP contribution in [0.3, 0.4) is 0 Å². The first-order chi connectivity index (χ1) is 8.80. The molecule has 1 aromatic heterocycles. The second kappa shape index (κ2) is 5.06. The Kier molecular flexibility index (Phi) is 3.78. The molecule has 2 aromatic rings. The van der Waals surface area contributed by atoms with Gasteiger partial charge >= 0.3 is 0 Å². The topological polar surface area (TPSA) is 50.9 Å². The van der Waals surface area contributed by atoms with Gasteiger partial charge in [0.25, 0.3) is 0 Å². The SMILES string of the molecule is Cn1nnc(Br)c1C(O)c1ccc(C(C)(C)C)cc1. The smallest absolute Gasteiger partial charge is 0.154 e. The van der Waals surface area contributed by atoms with Crippen molar-refractivity contribution in [3.05, 3.63) is 45.7 Å². The third-order valence-corrected chi connectivity index (χ3v) is 3.74. The van der Waals surface area contributed by atoms with Crippen molar-refractivity contribution < 1.29 is 5.11 Å². The Bertz CT molecular complexity index is 550. The number of halogens is 1. The van der Waals surface area contributed by atoms with Gasteiger partial charge in [0.15, 0.2) is 4.60 Å². The van der Waals surface area contributed by atoms with Gasteiger partial charge in [0.1, 0.15) is 11.8 Å². The predicted molar refractivity (Wildman–Crippen MR) is 77.9 cm³/mol. The Morgan fingerprint density at radius 2 is 1.79 bits per heavy atom. The summed E-state index contributed by atoms with van der Waals surface area (Å²) in [5.41, 5.74) is 2.84. The fraction of sp³-hybridized carbons (Fsp3) is 0.429. The van der Waals surface area contributed by atoms with Gasteiger partial charge in [-0.05, 0) is 32.5 Å². The first-order valence-electron chi connectivity index (χ1n) is 6.14. The lowest BCUT2D eigenvalue weighted by Gasteiger charge is -2.20. The molecule has 1 unspecified atom stereocenters. The normalized spacial score (nSPS) is 13.6. The highest BCUT2D eigenvalue weighted by Crippen LogP contribution is 2.28. The molecule has 0 radical (unpaired) electrons. The Balaban J connectivity index is 2.33. The molecule has 0 bridgehead atoms.